The Morgan fingerprint density at radius 2 is 1.73 bits per heavy atom. The molecule has 0 saturated heterocycles. The van der Waals surface area contributed by atoms with E-state index in [1.807, 2.05) is 50.2 Å². The largest absolute Gasteiger partial charge is 0.550 e. The van der Waals surface area contributed by atoms with Gasteiger partial charge in [0, 0.05) is 36.0 Å². The van der Waals surface area contributed by atoms with E-state index in [-0.39, 0.29) is 24.2 Å². The monoisotopic (exact) mass is 463 g/mol. The SMILES string of the molecule is CC(C)C[C@H](CC(=O)c1ccc(CC[C@@H]([NH3+])CS)cc1-c1cccc2ccccc12)C(=O)[O-]. The lowest BCUT2D eigenvalue weighted by atomic mass is 9.86. The summed E-state index contributed by atoms with van der Waals surface area (Å²) in [5.74, 6) is -1.21. The molecule has 3 rings (SSSR count). The molecule has 0 aliphatic heterocycles. The Labute approximate surface area is 201 Å². The maximum Gasteiger partial charge on any atom is 0.164 e. The van der Waals surface area contributed by atoms with E-state index in [1.165, 1.54) is 0 Å². The zero-order valence-electron chi connectivity index (χ0n) is 19.4. The Morgan fingerprint density at radius 3 is 2.42 bits per heavy atom. The van der Waals surface area contributed by atoms with Gasteiger partial charge in [-0.05, 0) is 46.2 Å². The first kappa shape index (κ1) is 25.0. The fraction of sp³-hybridized carbons (Fsp3) is 0.357. The van der Waals surface area contributed by atoms with E-state index in [0.29, 0.717) is 12.0 Å². The molecule has 0 spiro atoms. The Kier molecular flexibility index (Phi) is 8.70. The predicted molar refractivity (Wildman–Crippen MR) is 135 cm³/mol. The normalized spacial score (nSPS) is 13.2. The molecular weight excluding hydrogens is 430 g/mol. The summed E-state index contributed by atoms with van der Waals surface area (Å²) in [6.07, 6.45) is 2.12. The molecule has 0 unspecified atom stereocenters. The zero-order chi connectivity index (χ0) is 24.0. The number of thiol groups is 1. The highest BCUT2D eigenvalue weighted by Gasteiger charge is 2.21. The zero-order valence-corrected chi connectivity index (χ0v) is 20.3. The van der Waals surface area contributed by atoms with Crippen molar-refractivity contribution in [3.05, 3.63) is 71.8 Å². The first-order valence-electron chi connectivity index (χ1n) is 11.6. The molecule has 0 amide bonds. The van der Waals surface area contributed by atoms with E-state index in [2.05, 4.69) is 42.6 Å². The van der Waals surface area contributed by atoms with Crippen molar-refractivity contribution in [3.8, 4) is 11.1 Å². The van der Waals surface area contributed by atoms with E-state index in [1.54, 1.807) is 0 Å². The minimum Gasteiger partial charge on any atom is -0.550 e. The van der Waals surface area contributed by atoms with Gasteiger partial charge in [-0.1, -0.05) is 74.5 Å². The molecule has 3 N–H and O–H groups in total. The first-order chi connectivity index (χ1) is 15.8. The third-order valence-electron chi connectivity index (χ3n) is 6.08. The smallest absolute Gasteiger partial charge is 0.164 e. The van der Waals surface area contributed by atoms with Crippen LogP contribution in [0.4, 0.5) is 0 Å². The number of Topliss-reactive ketones (excluding diaryl/α,β-unsaturated/α-hetero) is 1. The van der Waals surface area contributed by atoms with Gasteiger partial charge in [-0.2, -0.15) is 12.6 Å². The summed E-state index contributed by atoms with van der Waals surface area (Å²) < 4.78 is 0. The molecule has 3 aromatic carbocycles. The van der Waals surface area contributed by atoms with Crippen LogP contribution in [0.1, 0.15) is 49.0 Å². The van der Waals surface area contributed by atoms with Crippen molar-refractivity contribution in [1.82, 2.24) is 0 Å². The quantitative estimate of drug-likeness (QED) is 0.333. The Morgan fingerprint density at radius 1 is 1.00 bits per heavy atom. The number of carboxylic acid groups (broad SMARTS) is 1. The average molecular weight is 464 g/mol. The van der Waals surface area contributed by atoms with Gasteiger partial charge in [0.1, 0.15) is 0 Å². The topological polar surface area (TPSA) is 84.8 Å². The molecule has 4 nitrogen and oxygen atoms in total. The van der Waals surface area contributed by atoms with Gasteiger partial charge in [0.25, 0.3) is 0 Å². The van der Waals surface area contributed by atoms with Gasteiger partial charge in [-0.15, -0.1) is 0 Å². The second-order valence-electron chi connectivity index (χ2n) is 9.27. The molecule has 0 heterocycles. The molecule has 3 aromatic rings. The number of ketones is 1. The number of rotatable bonds is 11. The van der Waals surface area contributed by atoms with Gasteiger partial charge < -0.3 is 15.6 Å². The summed E-state index contributed by atoms with van der Waals surface area (Å²) in [4.78, 5) is 25.1. The van der Waals surface area contributed by atoms with Crippen LogP contribution >= 0.6 is 12.6 Å². The minimum absolute atomic E-state index is 0.0573. The van der Waals surface area contributed by atoms with E-state index < -0.39 is 11.9 Å². The molecule has 0 aliphatic rings. The van der Waals surface area contributed by atoms with Gasteiger partial charge in [0.15, 0.2) is 5.78 Å². The van der Waals surface area contributed by atoms with E-state index in [9.17, 15) is 14.7 Å². The molecule has 5 heteroatoms. The van der Waals surface area contributed by atoms with Crippen molar-refractivity contribution in [2.75, 3.05) is 5.75 Å². The van der Waals surface area contributed by atoms with Gasteiger partial charge in [0.05, 0.1) is 6.04 Å². The molecule has 174 valence electrons. The average Bonchev–Trinajstić information content (AvgIpc) is 2.81. The van der Waals surface area contributed by atoms with Crippen molar-refractivity contribution in [2.45, 2.75) is 45.6 Å². The molecular formula is C28H33NO3S. The number of hydrogen-bond acceptors (Lipinski definition) is 4. The summed E-state index contributed by atoms with van der Waals surface area (Å²) >= 11 is 4.33. The highest BCUT2D eigenvalue weighted by molar-refractivity contribution is 7.80. The molecule has 0 bridgehead atoms. The number of hydrogen-bond donors (Lipinski definition) is 2. The third kappa shape index (κ3) is 6.46. The number of aryl methyl sites for hydroxylation is 1. The minimum atomic E-state index is -1.16. The molecule has 0 fully saturated rings. The number of carbonyl (C=O) groups is 2. The highest BCUT2D eigenvalue weighted by atomic mass is 32.1. The summed E-state index contributed by atoms with van der Waals surface area (Å²) in [6.45, 7) is 3.91. The summed E-state index contributed by atoms with van der Waals surface area (Å²) in [5.41, 5.74) is 7.64. The Hall–Kier alpha value is -2.63. The predicted octanol–water partition coefficient (Wildman–Crippen LogP) is 3.96. The number of fused-ring (bicyclic) bond motifs is 1. The van der Waals surface area contributed by atoms with Crippen LogP contribution < -0.4 is 10.8 Å². The summed E-state index contributed by atoms with van der Waals surface area (Å²) in [6, 6.07) is 20.3. The Balaban J connectivity index is 2.05. The molecule has 2 atom stereocenters. The lowest BCUT2D eigenvalue weighted by molar-refractivity contribution is -0.413. The highest BCUT2D eigenvalue weighted by Crippen LogP contribution is 2.33. The maximum absolute atomic E-state index is 13.4. The molecule has 0 aliphatic carbocycles. The summed E-state index contributed by atoms with van der Waals surface area (Å²) in [7, 11) is 0. The van der Waals surface area contributed by atoms with Crippen molar-refractivity contribution >= 4 is 35.2 Å². The van der Waals surface area contributed by atoms with E-state index >= 15 is 0 Å². The standard InChI is InChI=1S/C28H33NO3S/c1-18(2)14-21(28(31)32)16-27(30)25-13-11-19(10-12-22(29)17-33)15-26(25)24-9-5-7-20-6-3-4-8-23(20)24/h3-9,11,13,15,18,21-22,33H,10,12,14,16-17,29H2,1-2H3,(H,31,32)/t21-,22-/m1/s1. The summed E-state index contributed by atoms with van der Waals surface area (Å²) in [5, 5.41) is 13.8. The second-order valence-corrected chi connectivity index (χ2v) is 9.63. The number of benzene rings is 3. The van der Waals surface area contributed by atoms with Crippen LogP contribution in [0.3, 0.4) is 0 Å². The van der Waals surface area contributed by atoms with Crippen LogP contribution in [0.2, 0.25) is 0 Å². The molecule has 0 aromatic heterocycles. The lowest BCUT2D eigenvalue weighted by Gasteiger charge is -2.20. The van der Waals surface area contributed by atoms with Crippen molar-refractivity contribution < 1.29 is 20.4 Å². The van der Waals surface area contributed by atoms with Crippen molar-refractivity contribution in [3.63, 3.8) is 0 Å². The molecule has 0 radical (unpaired) electrons. The van der Waals surface area contributed by atoms with Crippen molar-refractivity contribution in [1.29, 1.82) is 0 Å². The number of quaternary nitrogens is 1. The maximum atomic E-state index is 13.4. The van der Waals surface area contributed by atoms with Gasteiger partial charge >= 0.3 is 0 Å². The number of carboxylic acids is 1. The van der Waals surface area contributed by atoms with E-state index in [4.69, 9.17) is 0 Å². The Bertz CT molecular complexity index is 1120. The van der Waals surface area contributed by atoms with Crippen LogP contribution in [-0.2, 0) is 11.2 Å². The second kappa shape index (κ2) is 11.5. The lowest BCUT2D eigenvalue weighted by Crippen LogP contribution is -2.62. The first-order valence-corrected chi connectivity index (χ1v) is 12.2. The third-order valence-corrected chi connectivity index (χ3v) is 6.60. The van der Waals surface area contributed by atoms with Gasteiger partial charge in [-0.3, -0.25) is 4.79 Å². The number of carbonyl (C=O) groups excluding carboxylic acids is 2. The van der Waals surface area contributed by atoms with E-state index in [0.717, 1.165) is 46.1 Å². The fourth-order valence-electron chi connectivity index (χ4n) is 4.30. The number of aliphatic carboxylic acids is 1. The fourth-order valence-corrected chi connectivity index (χ4v) is 4.48. The van der Waals surface area contributed by atoms with Crippen LogP contribution in [-0.4, -0.2) is 23.5 Å². The van der Waals surface area contributed by atoms with Crippen LogP contribution in [0, 0.1) is 11.8 Å². The van der Waals surface area contributed by atoms with Crippen molar-refractivity contribution in [2.24, 2.45) is 11.8 Å². The van der Waals surface area contributed by atoms with Crippen LogP contribution in [0.25, 0.3) is 21.9 Å². The van der Waals surface area contributed by atoms with Gasteiger partial charge in [0.2, 0.25) is 0 Å². The van der Waals surface area contributed by atoms with Crippen LogP contribution in [0.15, 0.2) is 60.7 Å². The van der Waals surface area contributed by atoms with Crippen LogP contribution in [0.5, 0.6) is 0 Å². The molecule has 33 heavy (non-hydrogen) atoms. The molecule has 0 saturated carbocycles. The van der Waals surface area contributed by atoms with Gasteiger partial charge in [-0.25, -0.2) is 0 Å².